The maximum atomic E-state index is 13.7. The number of carbonyl (C=O) groups is 2. The van der Waals surface area contributed by atoms with Gasteiger partial charge in [-0.25, -0.2) is 4.39 Å². The first-order valence-corrected chi connectivity index (χ1v) is 9.65. The number of nitrogens with zero attached hydrogens (tertiary/aromatic N) is 2. The van der Waals surface area contributed by atoms with Gasteiger partial charge in [-0.1, -0.05) is 6.07 Å². The van der Waals surface area contributed by atoms with Crippen molar-refractivity contribution >= 4 is 51.2 Å². The minimum atomic E-state index is -0.402. The van der Waals surface area contributed by atoms with Gasteiger partial charge in [-0.2, -0.15) is 0 Å². The fourth-order valence-electron chi connectivity index (χ4n) is 3.83. The summed E-state index contributed by atoms with van der Waals surface area (Å²) in [6.07, 6.45) is 1.73. The fraction of sp³-hybridized carbons (Fsp3) is 0.412. The molecule has 4 atom stereocenters. The van der Waals surface area contributed by atoms with Gasteiger partial charge in [-0.05, 0) is 33.6 Å². The van der Waals surface area contributed by atoms with Crippen molar-refractivity contribution in [3.05, 3.63) is 34.1 Å². The van der Waals surface area contributed by atoms with Crippen LogP contribution >= 0.6 is 27.7 Å². The van der Waals surface area contributed by atoms with E-state index in [2.05, 4.69) is 25.9 Å². The lowest BCUT2D eigenvalue weighted by Gasteiger charge is -2.42. The van der Waals surface area contributed by atoms with Crippen LogP contribution in [0, 0.1) is 17.7 Å². The van der Waals surface area contributed by atoms with E-state index in [1.807, 2.05) is 0 Å². The molecule has 124 valence electrons. The quantitative estimate of drug-likeness (QED) is 0.717. The zero-order valence-electron chi connectivity index (χ0n) is 12.6. The van der Waals surface area contributed by atoms with E-state index in [4.69, 9.17) is 0 Å². The molecule has 4 unspecified atom stereocenters. The van der Waals surface area contributed by atoms with Crippen LogP contribution in [-0.4, -0.2) is 47.6 Å². The molecule has 24 heavy (non-hydrogen) atoms. The van der Waals surface area contributed by atoms with E-state index >= 15 is 0 Å². The second-order valence-electron chi connectivity index (χ2n) is 6.23. The largest absolute Gasteiger partial charge is 0.298 e. The summed E-state index contributed by atoms with van der Waals surface area (Å²) >= 11 is 4.77. The first-order valence-electron chi connectivity index (χ1n) is 7.71. The van der Waals surface area contributed by atoms with Crippen LogP contribution in [0.1, 0.15) is 11.5 Å². The summed E-state index contributed by atoms with van der Waals surface area (Å²) in [6.45, 7) is 0.126. The van der Waals surface area contributed by atoms with Gasteiger partial charge in [0.25, 0.3) is 0 Å². The van der Waals surface area contributed by atoms with Crippen LogP contribution in [0.25, 0.3) is 0 Å². The van der Waals surface area contributed by atoms with E-state index in [-0.39, 0.29) is 41.8 Å². The number of hydrogen-bond donors (Lipinski definition) is 0. The Morgan fingerprint density at radius 1 is 1.17 bits per heavy atom. The van der Waals surface area contributed by atoms with Gasteiger partial charge < -0.3 is 0 Å². The second kappa shape index (κ2) is 6.19. The molecule has 1 aromatic carbocycles. The molecule has 4 rings (SSSR count). The predicted octanol–water partition coefficient (Wildman–Crippen LogP) is 2.70. The number of hydrogen-bond acceptors (Lipinski definition) is 5. The van der Waals surface area contributed by atoms with Gasteiger partial charge >= 0.3 is 0 Å². The van der Waals surface area contributed by atoms with Gasteiger partial charge in [0.1, 0.15) is 5.82 Å². The zero-order valence-corrected chi connectivity index (χ0v) is 15.0. The number of fused-ring (bicyclic) bond motifs is 2. The number of halogens is 2. The highest BCUT2D eigenvalue weighted by molar-refractivity contribution is 9.10. The molecule has 0 N–H and O–H groups in total. The lowest BCUT2D eigenvalue weighted by atomic mass is 9.66. The molecule has 0 saturated carbocycles. The van der Waals surface area contributed by atoms with Crippen molar-refractivity contribution in [3.8, 4) is 0 Å². The Hall–Kier alpha value is -1.34. The average molecular weight is 409 g/mol. The number of rotatable bonds is 1. The van der Waals surface area contributed by atoms with Crippen LogP contribution in [-0.2, 0) is 9.59 Å². The van der Waals surface area contributed by atoms with E-state index in [0.717, 1.165) is 11.3 Å². The molecule has 3 aliphatic heterocycles. The third-order valence-corrected chi connectivity index (χ3v) is 6.43. The molecule has 3 heterocycles. The topological polar surface area (TPSA) is 58.9 Å². The van der Waals surface area contributed by atoms with Crippen LogP contribution in [0.5, 0.6) is 0 Å². The van der Waals surface area contributed by atoms with E-state index in [9.17, 15) is 14.0 Å². The minimum absolute atomic E-state index is 0.00164. The fourth-order valence-corrected chi connectivity index (χ4v) is 5.17. The first-order chi connectivity index (χ1) is 11.6. The minimum Gasteiger partial charge on any atom is -0.298 e. The van der Waals surface area contributed by atoms with Gasteiger partial charge in [0.05, 0.1) is 34.6 Å². The Bertz CT molecular complexity index is 795. The van der Waals surface area contributed by atoms with Gasteiger partial charge in [0, 0.05) is 23.6 Å². The molecule has 0 radical (unpaired) electrons. The van der Waals surface area contributed by atoms with Gasteiger partial charge in [0.15, 0.2) is 11.6 Å². The molecule has 4 nitrogen and oxygen atoms in total. The molecule has 0 spiro atoms. The summed E-state index contributed by atoms with van der Waals surface area (Å²) in [7, 11) is 0. The molecule has 0 bridgehead atoms. The van der Waals surface area contributed by atoms with E-state index in [0.29, 0.717) is 16.0 Å². The highest BCUT2D eigenvalue weighted by Crippen LogP contribution is 2.44. The summed E-state index contributed by atoms with van der Waals surface area (Å²) in [4.78, 5) is 34.0. The van der Waals surface area contributed by atoms with Crippen molar-refractivity contribution in [2.75, 3.05) is 18.1 Å². The lowest BCUT2D eigenvalue weighted by molar-refractivity contribution is -0.124. The standard InChI is InChI=1S/C17H14BrFN2O2S/c18-9-3-8(1-2-10(9)19)15-16-11(4-20-5-13(16)22)21-12-6-24-7-14(23)17(12)15/h1-4,11,15-17H,5-7H2. The summed E-state index contributed by atoms with van der Waals surface area (Å²) in [6, 6.07) is 4.42. The highest BCUT2D eigenvalue weighted by atomic mass is 79.9. The molecule has 0 amide bonds. The highest BCUT2D eigenvalue weighted by Gasteiger charge is 2.49. The predicted molar refractivity (Wildman–Crippen MR) is 95.7 cm³/mol. The Labute approximate surface area is 151 Å². The molecule has 1 fully saturated rings. The maximum Gasteiger partial charge on any atom is 0.160 e. The van der Waals surface area contributed by atoms with E-state index in [1.165, 1.54) is 6.07 Å². The third kappa shape index (κ3) is 2.58. The molecule has 0 aromatic heterocycles. The first kappa shape index (κ1) is 16.1. The van der Waals surface area contributed by atoms with Crippen LogP contribution in [0.4, 0.5) is 4.39 Å². The molecule has 0 aliphatic carbocycles. The monoisotopic (exact) mass is 408 g/mol. The Kier molecular flexibility index (Phi) is 4.16. The maximum absolute atomic E-state index is 13.7. The van der Waals surface area contributed by atoms with E-state index < -0.39 is 5.92 Å². The molecular weight excluding hydrogens is 395 g/mol. The SMILES string of the molecule is O=C1CSCC2=NC3C=NCC(=O)C3C(c3ccc(F)c(Br)c3)C12. The summed E-state index contributed by atoms with van der Waals surface area (Å²) < 4.78 is 14.0. The molecule has 1 aromatic rings. The van der Waals surface area contributed by atoms with Crippen molar-refractivity contribution in [1.82, 2.24) is 0 Å². The Morgan fingerprint density at radius 3 is 2.79 bits per heavy atom. The zero-order chi connectivity index (χ0) is 16.8. The molecular formula is C17H14BrFN2O2S. The number of carbonyl (C=O) groups excluding carboxylic acids is 2. The number of benzene rings is 1. The molecule has 3 aliphatic rings. The van der Waals surface area contributed by atoms with E-state index in [1.54, 1.807) is 30.1 Å². The second-order valence-corrected chi connectivity index (χ2v) is 8.07. The van der Waals surface area contributed by atoms with Crippen LogP contribution < -0.4 is 0 Å². The number of Topliss-reactive ketones (excluding diaryl/α,β-unsaturated/α-hetero) is 2. The molecule has 7 heteroatoms. The third-order valence-electron chi connectivity index (χ3n) is 4.83. The molecule has 1 saturated heterocycles. The summed E-state index contributed by atoms with van der Waals surface area (Å²) in [5, 5.41) is 0. The Balaban J connectivity index is 1.87. The number of aliphatic imine (C=N–C) groups is 2. The van der Waals surface area contributed by atoms with Crippen molar-refractivity contribution < 1.29 is 14.0 Å². The van der Waals surface area contributed by atoms with Crippen molar-refractivity contribution in [2.45, 2.75) is 12.0 Å². The summed E-state index contributed by atoms with van der Waals surface area (Å²) in [5.41, 5.74) is 1.64. The number of ketones is 2. The van der Waals surface area contributed by atoms with Crippen LogP contribution in [0.2, 0.25) is 0 Å². The summed E-state index contributed by atoms with van der Waals surface area (Å²) in [5.74, 6) is -0.219. The van der Waals surface area contributed by atoms with Crippen LogP contribution in [0.3, 0.4) is 0 Å². The normalized spacial score (nSPS) is 32.2. The van der Waals surface area contributed by atoms with Crippen molar-refractivity contribution in [1.29, 1.82) is 0 Å². The van der Waals surface area contributed by atoms with Crippen molar-refractivity contribution in [3.63, 3.8) is 0 Å². The van der Waals surface area contributed by atoms with Gasteiger partial charge in [-0.15, -0.1) is 11.8 Å². The van der Waals surface area contributed by atoms with Gasteiger partial charge in [-0.3, -0.25) is 19.6 Å². The van der Waals surface area contributed by atoms with Gasteiger partial charge in [0.2, 0.25) is 0 Å². The Morgan fingerprint density at radius 2 is 2.00 bits per heavy atom. The van der Waals surface area contributed by atoms with Crippen molar-refractivity contribution in [2.24, 2.45) is 21.8 Å². The average Bonchev–Trinajstić information content (AvgIpc) is 2.56. The number of thioether (sulfide) groups is 1. The lowest BCUT2D eigenvalue weighted by Crippen LogP contribution is -2.51. The van der Waals surface area contributed by atoms with Crippen LogP contribution in [0.15, 0.2) is 32.7 Å². The smallest absolute Gasteiger partial charge is 0.160 e.